The fraction of sp³-hybridized carbons (Fsp3) is 0.857. The van der Waals surface area contributed by atoms with Gasteiger partial charge >= 0.3 is 12.1 Å². The van der Waals surface area contributed by atoms with E-state index in [4.69, 9.17) is 4.74 Å². The number of rotatable bonds is 2. The highest BCUT2D eigenvalue weighted by atomic mass is 16.6. The zero-order chi connectivity index (χ0) is 15.3. The van der Waals surface area contributed by atoms with Crippen molar-refractivity contribution in [1.82, 2.24) is 15.1 Å². The summed E-state index contributed by atoms with van der Waals surface area (Å²) in [4.78, 5) is 27.1. The van der Waals surface area contributed by atoms with Gasteiger partial charge in [-0.25, -0.2) is 9.59 Å². The molecule has 0 aromatic heterocycles. The molecule has 116 valence electrons. The van der Waals surface area contributed by atoms with Gasteiger partial charge < -0.3 is 19.9 Å². The van der Waals surface area contributed by atoms with Crippen LogP contribution >= 0.6 is 0 Å². The van der Waals surface area contributed by atoms with E-state index in [1.165, 1.54) is 0 Å². The minimum atomic E-state index is -0.490. The number of piperidine rings is 1. The van der Waals surface area contributed by atoms with Crippen LogP contribution in [0.5, 0.6) is 0 Å². The molecule has 0 spiro atoms. The van der Waals surface area contributed by atoms with Crippen LogP contribution in [-0.4, -0.2) is 60.2 Å². The van der Waals surface area contributed by atoms with Crippen LogP contribution in [0, 0.1) is 0 Å². The molecule has 0 aliphatic carbocycles. The largest absolute Gasteiger partial charge is 0.444 e. The average molecular weight is 285 g/mol. The van der Waals surface area contributed by atoms with E-state index >= 15 is 0 Å². The highest BCUT2D eigenvalue weighted by molar-refractivity contribution is 5.74. The third-order valence-electron chi connectivity index (χ3n) is 3.22. The van der Waals surface area contributed by atoms with Crippen LogP contribution < -0.4 is 5.32 Å². The molecule has 1 fully saturated rings. The minimum Gasteiger partial charge on any atom is -0.444 e. The average Bonchev–Trinajstić information content (AvgIpc) is 2.36. The summed E-state index contributed by atoms with van der Waals surface area (Å²) in [5.74, 6) is 0. The molecule has 6 heteroatoms. The summed E-state index contributed by atoms with van der Waals surface area (Å²) in [6.45, 7) is 9.34. The van der Waals surface area contributed by atoms with E-state index in [-0.39, 0.29) is 18.2 Å². The Morgan fingerprint density at radius 2 is 2.05 bits per heavy atom. The van der Waals surface area contributed by atoms with Crippen molar-refractivity contribution in [3.8, 4) is 0 Å². The number of hydrogen-bond donors (Lipinski definition) is 1. The number of urea groups is 1. The van der Waals surface area contributed by atoms with Crippen molar-refractivity contribution in [1.29, 1.82) is 0 Å². The maximum absolute atomic E-state index is 12.0. The first kappa shape index (κ1) is 16.6. The molecular weight excluding hydrogens is 258 g/mol. The second-order valence-electron chi connectivity index (χ2n) is 6.23. The van der Waals surface area contributed by atoms with Crippen molar-refractivity contribution in [2.45, 2.75) is 52.2 Å². The maximum atomic E-state index is 12.0. The van der Waals surface area contributed by atoms with Crippen molar-refractivity contribution in [2.75, 3.05) is 26.7 Å². The summed E-state index contributed by atoms with van der Waals surface area (Å²) in [6, 6.07) is -0.0960. The third kappa shape index (κ3) is 5.27. The molecule has 0 saturated carbocycles. The molecule has 0 aromatic carbocycles. The Morgan fingerprint density at radius 3 is 2.60 bits per heavy atom. The van der Waals surface area contributed by atoms with E-state index in [0.29, 0.717) is 19.6 Å². The van der Waals surface area contributed by atoms with Crippen LogP contribution in [0.2, 0.25) is 0 Å². The van der Waals surface area contributed by atoms with E-state index in [0.717, 1.165) is 12.8 Å². The zero-order valence-corrected chi connectivity index (χ0v) is 13.2. The van der Waals surface area contributed by atoms with Crippen LogP contribution in [0.25, 0.3) is 0 Å². The van der Waals surface area contributed by atoms with Gasteiger partial charge in [0.05, 0.1) is 0 Å². The Labute approximate surface area is 121 Å². The lowest BCUT2D eigenvalue weighted by Gasteiger charge is -2.35. The first-order valence-electron chi connectivity index (χ1n) is 7.22. The topological polar surface area (TPSA) is 61.9 Å². The fourth-order valence-electron chi connectivity index (χ4n) is 2.02. The van der Waals surface area contributed by atoms with Crippen molar-refractivity contribution in [2.24, 2.45) is 0 Å². The maximum Gasteiger partial charge on any atom is 0.410 e. The van der Waals surface area contributed by atoms with E-state index in [9.17, 15) is 9.59 Å². The van der Waals surface area contributed by atoms with Gasteiger partial charge in [-0.3, -0.25) is 0 Å². The fourth-order valence-corrected chi connectivity index (χ4v) is 2.02. The molecule has 3 amide bonds. The van der Waals surface area contributed by atoms with Crippen LogP contribution in [0.15, 0.2) is 0 Å². The van der Waals surface area contributed by atoms with E-state index in [1.54, 1.807) is 16.8 Å². The molecule has 1 rings (SSSR count). The van der Waals surface area contributed by atoms with Crippen LogP contribution in [0.1, 0.15) is 40.5 Å². The smallest absolute Gasteiger partial charge is 0.410 e. The Bertz CT molecular complexity index is 352. The summed E-state index contributed by atoms with van der Waals surface area (Å²) >= 11 is 0. The molecule has 0 bridgehead atoms. The van der Waals surface area contributed by atoms with Crippen LogP contribution in [0.3, 0.4) is 0 Å². The first-order valence-corrected chi connectivity index (χ1v) is 7.22. The van der Waals surface area contributed by atoms with Crippen LogP contribution in [-0.2, 0) is 4.74 Å². The van der Waals surface area contributed by atoms with Gasteiger partial charge in [0.1, 0.15) is 5.60 Å². The molecule has 1 atom stereocenters. The van der Waals surface area contributed by atoms with Gasteiger partial charge in [0.25, 0.3) is 0 Å². The predicted octanol–water partition coefficient (Wildman–Crippen LogP) is 2.05. The highest BCUT2D eigenvalue weighted by Crippen LogP contribution is 2.15. The van der Waals surface area contributed by atoms with Gasteiger partial charge in [-0.05, 0) is 40.5 Å². The van der Waals surface area contributed by atoms with Crippen molar-refractivity contribution in [3.63, 3.8) is 0 Å². The number of hydrogen-bond acceptors (Lipinski definition) is 3. The Morgan fingerprint density at radius 1 is 1.40 bits per heavy atom. The van der Waals surface area contributed by atoms with Gasteiger partial charge in [0.2, 0.25) is 0 Å². The van der Waals surface area contributed by atoms with Gasteiger partial charge in [-0.15, -0.1) is 0 Å². The SMILES string of the molecule is CCN(C)C(=O)N[C@H]1CCCN(C(=O)OC(C)(C)C)C1. The van der Waals surface area contributed by atoms with Crippen molar-refractivity contribution < 1.29 is 14.3 Å². The molecule has 1 aliphatic heterocycles. The predicted molar refractivity (Wildman–Crippen MR) is 77.7 cm³/mol. The minimum absolute atomic E-state index is 0.00207. The number of carbonyl (C=O) groups is 2. The molecule has 0 unspecified atom stereocenters. The quantitative estimate of drug-likeness (QED) is 0.844. The molecule has 1 saturated heterocycles. The second-order valence-corrected chi connectivity index (χ2v) is 6.23. The molecule has 6 nitrogen and oxygen atoms in total. The number of likely N-dealkylation sites (tertiary alicyclic amines) is 1. The number of ether oxygens (including phenoxy) is 1. The van der Waals surface area contributed by atoms with E-state index in [2.05, 4.69) is 5.32 Å². The lowest BCUT2D eigenvalue weighted by molar-refractivity contribution is 0.0189. The molecule has 0 radical (unpaired) electrons. The van der Waals surface area contributed by atoms with Crippen molar-refractivity contribution >= 4 is 12.1 Å². The standard InChI is InChI=1S/C14H27N3O3/c1-6-16(5)12(18)15-11-8-7-9-17(10-11)13(19)20-14(2,3)4/h11H,6-10H2,1-5H3,(H,15,18)/t11-/m0/s1. The Hall–Kier alpha value is -1.46. The number of nitrogens with zero attached hydrogens (tertiary/aromatic N) is 2. The monoisotopic (exact) mass is 285 g/mol. The normalized spacial score (nSPS) is 19.4. The molecule has 20 heavy (non-hydrogen) atoms. The second kappa shape index (κ2) is 6.81. The number of nitrogens with one attached hydrogen (secondary N) is 1. The van der Waals surface area contributed by atoms with E-state index < -0.39 is 5.60 Å². The summed E-state index contributed by atoms with van der Waals surface area (Å²) in [7, 11) is 1.75. The summed E-state index contributed by atoms with van der Waals surface area (Å²) < 4.78 is 5.36. The van der Waals surface area contributed by atoms with E-state index in [1.807, 2.05) is 27.7 Å². The number of carbonyl (C=O) groups excluding carboxylic acids is 2. The van der Waals surface area contributed by atoms with Crippen molar-refractivity contribution in [3.05, 3.63) is 0 Å². The Kier molecular flexibility index (Phi) is 5.65. The molecule has 0 aromatic rings. The zero-order valence-electron chi connectivity index (χ0n) is 13.2. The Balaban J connectivity index is 2.50. The third-order valence-corrected chi connectivity index (χ3v) is 3.22. The summed E-state index contributed by atoms with van der Waals surface area (Å²) in [6.07, 6.45) is 1.46. The molecular formula is C14H27N3O3. The molecule has 1 N–H and O–H groups in total. The lowest BCUT2D eigenvalue weighted by atomic mass is 10.1. The highest BCUT2D eigenvalue weighted by Gasteiger charge is 2.28. The molecule has 1 aliphatic rings. The van der Waals surface area contributed by atoms with Crippen LogP contribution in [0.4, 0.5) is 9.59 Å². The van der Waals surface area contributed by atoms with Gasteiger partial charge in [-0.1, -0.05) is 0 Å². The summed E-state index contributed by atoms with van der Waals surface area (Å²) in [5.41, 5.74) is -0.490. The van der Waals surface area contributed by atoms with Gasteiger partial charge in [0, 0.05) is 32.7 Å². The summed E-state index contributed by atoms with van der Waals surface area (Å²) in [5, 5.41) is 2.95. The number of amides is 3. The van der Waals surface area contributed by atoms with Gasteiger partial charge in [-0.2, -0.15) is 0 Å². The lowest BCUT2D eigenvalue weighted by Crippen LogP contribution is -2.52. The molecule has 1 heterocycles. The van der Waals surface area contributed by atoms with Gasteiger partial charge in [0.15, 0.2) is 0 Å². The first-order chi connectivity index (χ1) is 9.23.